The van der Waals surface area contributed by atoms with E-state index in [-0.39, 0.29) is 17.5 Å². The summed E-state index contributed by atoms with van der Waals surface area (Å²) < 4.78 is 22.9. The molecule has 1 saturated heterocycles. The Labute approximate surface area is 124 Å². The molecular formula is C14H18N2O2S2. The summed E-state index contributed by atoms with van der Waals surface area (Å²) in [6, 6.07) is 8.15. The first kappa shape index (κ1) is 15.2. The Kier molecular flexibility index (Phi) is 4.95. The van der Waals surface area contributed by atoms with Gasteiger partial charge in [0.15, 0.2) is 0 Å². The van der Waals surface area contributed by atoms with Crippen LogP contribution < -0.4 is 5.32 Å². The molecule has 0 bridgehead atoms. The second kappa shape index (κ2) is 6.51. The number of anilines is 1. The highest BCUT2D eigenvalue weighted by Crippen LogP contribution is 2.29. The second-order valence-corrected chi connectivity index (χ2v) is 8.40. The summed E-state index contributed by atoms with van der Waals surface area (Å²) in [6.45, 7) is 2.05. The molecule has 2 rings (SSSR count). The molecule has 0 radical (unpaired) electrons. The van der Waals surface area contributed by atoms with Crippen LogP contribution >= 0.6 is 11.8 Å². The van der Waals surface area contributed by atoms with Gasteiger partial charge in [-0.3, -0.25) is 0 Å². The quantitative estimate of drug-likeness (QED) is 0.866. The van der Waals surface area contributed by atoms with Crippen LogP contribution in [0.25, 0.3) is 0 Å². The van der Waals surface area contributed by atoms with Gasteiger partial charge < -0.3 is 5.32 Å². The van der Waals surface area contributed by atoms with Crippen molar-refractivity contribution in [1.29, 1.82) is 5.26 Å². The third kappa shape index (κ3) is 3.68. The van der Waals surface area contributed by atoms with Crippen LogP contribution in [0.1, 0.15) is 25.3 Å². The van der Waals surface area contributed by atoms with E-state index in [4.69, 9.17) is 0 Å². The maximum absolute atomic E-state index is 11.4. The van der Waals surface area contributed by atoms with Crippen molar-refractivity contribution in [2.24, 2.45) is 0 Å². The first-order valence-corrected chi connectivity index (χ1v) is 9.49. The average Bonchev–Trinajstić information content (AvgIpc) is 2.42. The van der Waals surface area contributed by atoms with E-state index in [1.54, 1.807) is 11.8 Å². The smallest absolute Gasteiger partial charge is 0.150 e. The highest BCUT2D eigenvalue weighted by atomic mass is 32.2. The Morgan fingerprint density at radius 2 is 2.10 bits per heavy atom. The van der Waals surface area contributed by atoms with E-state index < -0.39 is 9.84 Å². The Bertz CT molecular complexity index is 607. The molecule has 0 saturated carbocycles. The number of rotatable bonds is 4. The molecular weight excluding hydrogens is 292 g/mol. The minimum Gasteiger partial charge on any atom is -0.381 e. The van der Waals surface area contributed by atoms with Crippen molar-refractivity contribution in [3.05, 3.63) is 23.8 Å². The lowest BCUT2D eigenvalue weighted by Gasteiger charge is -2.24. The van der Waals surface area contributed by atoms with Gasteiger partial charge in [-0.1, -0.05) is 13.0 Å². The summed E-state index contributed by atoms with van der Waals surface area (Å²) in [6.07, 6.45) is 1.22. The summed E-state index contributed by atoms with van der Waals surface area (Å²) >= 11 is 1.64. The molecule has 1 N–H and O–H groups in total. The Morgan fingerprint density at radius 3 is 2.70 bits per heavy atom. The zero-order valence-corrected chi connectivity index (χ0v) is 13.1. The summed E-state index contributed by atoms with van der Waals surface area (Å²) in [7, 11) is -2.85. The monoisotopic (exact) mass is 310 g/mol. The number of nitrogens with one attached hydrogen (secondary N) is 1. The summed E-state index contributed by atoms with van der Waals surface area (Å²) in [4.78, 5) is 0.975. The molecule has 0 aliphatic carbocycles. The zero-order chi connectivity index (χ0) is 14.6. The Hall–Kier alpha value is -1.19. The molecule has 1 aliphatic rings. The van der Waals surface area contributed by atoms with Gasteiger partial charge in [-0.25, -0.2) is 8.42 Å². The molecule has 0 spiro atoms. The van der Waals surface area contributed by atoms with Crippen LogP contribution in [0.4, 0.5) is 5.69 Å². The topological polar surface area (TPSA) is 70.0 Å². The zero-order valence-electron chi connectivity index (χ0n) is 11.4. The first-order chi connectivity index (χ1) is 9.55. The lowest BCUT2D eigenvalue weighted by molar-refractivity contribution is 0.559. The number of nitriles is 1. The third-order valence-corrected chi connectivity index (χ3v) is 6.01. The number of benzene rings is 1. The van der Waals surface area contributed by atoms with E-state index in [1.807, 2.05) is 18.2 Å². The molecule has 0 amide bonds. The second-order valence-electron chi connectivity index (χ2n) is 4.79. The maximum atomic E-state index is 11.4. The molecule has 1 fully saturated rings. The molecule has 6 heteroatoms. The van der Waals surface area contributed by atoms with Gasteiger partial charge in [0.1, 0.15) is 15.9 Å². The fourth-order valence-corrected chi connectivity index (χ4v) is 4.57. The van der Waals surface area contributed by atoms with E-state index >= 15 is 0 Å². The molecule has 0 atom stereocenters. The minimum absolute atomic E-state index is 0.132. The van der Waals surface area contributed by atoms with Gasteiger partial charge in [-0.2, -0.15) is 5.26 Å². The Balaban J connectivity index is 2.14. The molecule has 1 heterocycles. The summed E-state index contributed by atoms with van der Waals surface area (Å²) in [5.74, 6) is 1.38. The van der Waals surface area contributed by atoms with Crippen molar-refractivity contribution in [3.8, 4) is 6.07 Å². The summed E-state index contributed by atoms with van der Waals surface area (Å²) in [5, 5.41) is 12.7. The average molecular weight is 310 g/mol. The maximum Gasteiger partial charge on any atom is 0.150 e. The number of thioether (sulfide) groups is 1. The van der Waals surface area contributed by atoms with Gasteiger partial charge in [0, 0.05) is 10.9 Å². The summed E-state index contributed by atoms with van der Waals surface area (Å²) in [5.41, 5.74) is 1.48. The van der Waals surface area contributed by atoms with Crippen LogP contribution in [0, 0.1) is 11.3 Å². The highest BCUT2D eigenvalue weighted by Gasteiger charge is 2.24. The van der Waals surface area contributed by atoms with Crippen molar-refractivity contribution in [3.63, 3.8) is 0 Å². The number of nitrogens with zero attached hydrogens (tertiary/aromatic N) is 1. The van der Waals surface area contributed by atoms with E-state index in [1.165, 1.54) is 0 Å². The van der Waals surface area contributed by atoms with Crippen LogP contribution in [0.15, 0.2) is 23.1 Å². The molecule has 0 aromatic heterocycles. The Morgan fingerprint density at radius 1 is 1.40 bits per heavy atom. The van der Waals surface area contributed by atoms with Crippen molar-refractivity contribution in [2.75, 3.05) is 22.6 Å². The number of hydrogen-bond donors (Lipinski definition) is 1. The normalized spacial score (nSPS) is 18.4. The van der Waals surface area contributed by atoms with Gasteiger partial charge in [-0.05, 0) is 30.7 Å². The van der Waals surface area contributed by atoms with Gasteiger partial charge in [0.05, 0.1) is 22.8 Å². The minimum atomic E-state index is -2.85. The van der Waals surface area contributed by atoms with E-state index in [2.05, 4.69) is 18.3 Å². The van der Waals surface area contributed by atoms with Crippen LogP contribution in [-0.4, -0.2) is 31.7 Å². The fourth-order valence-electron chi connectivity index (χ4n) is 2.30. The first-order valence-electron chi connectivity index (χ1n) is 6.68. The highest BCUT2D eigenvalue weighted by molar-refractivity contribution is 7.99. The molecule has 1 aromatic rings. The van der Waals surface area contributed by atoms with Gasteiger partial charge in [0.25, 0.3) is 0 Å². The van der Waals surface area contributed by atoms with Crippen molar-refractivity contribution in [1.82, 2.24) is 0 Å². The van der Waals surface area contributed by atoms with E-state index in [0.29, 0.717) is 18.4 Å². The molecule has 1 aromatic carbocycles. The fraction of sp³-hybridized carbons (Fsp3) is 0.500. The predicted molar refractivity (Wildman–Crippen MR) is 82.9 cm³/mol. The van der Waals surface area contributed by atoms with Crippen molar-refractivity contribution >= 4 is 27.3 Å². The predicted octanol–water partition coefficient (Wildman–Crippen LogP) is 2.66. The molecule has 1 aliphatic heterocycles. The number of hydrogen-bond acceptors (Lipinski definition) is 5. The van der Waals surface area contributed by atoms with Gasteiger partial charge in [0.2, 0.25) is 0 Å². The van der Waals surface area contributed by atoms with Crippen LogP contribution in [0.2, 0.25) is 0 Å². The molecule has 0 unspecified atom stereocenters. The SMILES string of the molecule is CCSc1cccc(NC2CCS(=O)(=O)CC2)c1C#N. The third-order valence-electron chi connectivity index (χ3n) is 3.35. The van der Waals surface area contributed by atoms with Crippen molar-refractivity contribution in [2.45, 2.75) is 30.7 Å². The molecule has 4 nitrogen and oxygen atoms in total. The van der Waals surface area contributed by atoms with E-state index in [0.717, 1.165) is 16.3 Å². The lowest BCUT2D eigenvalue weighted by atomic mass is 10.1. The largest absolute Gasteiger partial charge is 0.381 e. The van der Waals surface area contributed by atoms with Gasteiger partial charge in [-0.15, -0.1) is 11.8 Å². The molecule has 108 valence electrons. The van der Waals surface area contributed by atoms with Crippen LogP contribution in [0.5, 0.6) is 0 Å². The van der Waals surface area contributed by atoms with Crippen molar-refractivity contribution < 1.29 is 8.42 Å². The van der Waals surface area contributed by atoms with Gasteiger partial charge >= 0.3 is 0 Å². The lowest BCUT2D eigenvalue weighted by Crippen LogP contribution is -2.32. The standard InChI is InChI=1S/C14H18N2O2S2/c1-2-19-14-5-3-4-13(12(14)10-15)16-11-6-8-20(17,18)9-7-11/h3-5,11,16H,2,6-9H2,1H3. The van der Waals surface area contributed by atoms with Crippen LogP contribution in [0.3, 0.4) is 0 Å². The van der Waals surface area contributed by atoms with Crippen LogP contribution in [-0.2, 0) is 9.84 Å². The molecule has 20 heavy (non-hydrogen) atoms. The van der Waals surface area contributed by atoms with E-state index in [9.17, 15) is 13.7 Å². The number of sulfone groups is 1.